The smallest absolute Gasteiger partial charge is 0.306 e. The van der Waals surface area contributed by atoms with E-state index in [0.29, 0.717) is 6.61 Å². The average Bonchev–Trinajstić information content (AvgIpc) is 2.66. The van der Waals surface area contributed by atoms with Crippen molar-refractivity contribution in [3.05, 3.63) is 0 Å². The maximum atomic E-state index is 11.6. The summed E-state index contributed by atoms with van der Waals surface area (Å²) < 4.78 is 10.4. The molecule has 0 fully saturated rings. The molecule has 0 spiro atoms. The molecule has 0 aromatic carbocycles. The molecule has 1 atom stereocenters. The molecule has 4 heteroatoms. The van der Waals surface area contributed by atoms with Crippen LogP contribution < -0.4 is 0 Å². The Hall–Kier alpha value is -1.06. The van der Waals surface area contributed by atoms with E-state index < -0.39 is 0 Å². The predicted molar refractivity (Wildman–Crippen MR) is 116 cm³/mol. The largest absolute Gasteiger partial charge is 0.466 e. The van der Waals surface area contributed by atoms with Gasteiger partial charge in [-0.15, -0.1) is 0 Å². The minimum atomic E-state index is -0.307. The quantitative estimate of drug-likeness (QED) is 0.162. The van der Waals surface area contributed by atoms with Crippen LogP contribution in [0.3, 0.4) is 0 Å². The normalized spacial score (nSPS) is 12.0. The molecule has 1 unspecified atom stereocenters. The van der Waals surface area contributed by atoms with Crippen molar-refractivity contribution < 1.29 is 19.1 Å². The highest BCUT2D eigenvalue weighted by Gasteiger charge is 2.12. The molecular formula is C24H46O4. The summed E-state index contributed by atoms with van der Waals surface area (Å²) in [5, 5.41) is 0. The summed E-state index contributed by atoms with van der Waals surface area (Å²) in [6.07, 6.45) is 18.9. The van der Waals surface area contributed by atoms with Crippen molar-refractivity contribution in [2.75, 3.05) is 6.61 Å². The molecule has 166 valence electrons. The fourth-order valence-electron chi connectivity index (χ4n) is 3.33. The highest BCUT2D eigenvalue weighted by atomic mass is 16.5. The first-order valence-electron chi connectivity index (χ1n) is 11.9. The number of rotatable bonds is 20. The van der Waals surface area contributed by atoms with E-state index in [2.05, 4.69) is 13.8 Å². The molecule has 0 aliphatic heterocycles. The summed E-state index contributed by atoms with van der Waals surface area (Å²) in [6, 6.07) is 0. The topological polar surface area (TPSA) is 52.6 Å². The van der Waals surface area contributed by atoms with Gasteiger partial charge < -0.3 is 9.47 Å². The van der Waals surface area contributed by atoms with Crippen molar-refractivity contribution in [3.63, 3.8) is 0 Å². The third kappa shape index (κ3) is 19.7. The standard InChI is InChI=1S/C24H46O4/c1-4-6-7-8-9-10-11-12-13-14-15-16-17-21-27-23(25)19-20-24(26)28-22(3)18-5-2/h22H,4-21H2,1-3H3. The fraction of sp³-hybridized carbons (Fsp3) is 0.917. The van der Waals surface area contributed by atoms with Crippen LogP contribution in [-0.4, -0.2) is 24.6 Å². The van der Waals surface area contributed by atoms with Gasteiger partial charge in [-0.05, 0) is 19.8 Å². The molecule has 0 aromatic heterocycles. The lowest BCUT2D eigenvalue weighted by atomic mass is 10.0. The maximum absolute atomic E-state index is 11.6. The van der Waals surface area contributed by atoms with Gasteiger partial charge in [-0.2, -0.15) is 0 Å². The van der Waals surface area contributed by atoms with Crippen molar-refractivity contribution >= 4 is 11.9 Å². The summed E-state index contributed by atoms with van der Waals surface area (Å²) in [4.78, 5) is 23.3. The fourth-order valence-corrected chi connectivity index (χ4v) is 3.33. The number of esters is 2. The SMILES string of the molecule is CCCCCCCCCCCCCCCOC(=O)CCC(=O)OC(C)CCC. The Labute approximate surface area is 174 Å². The molecule has 0 amide bonds. The lowest BCUT2D eigenvalue weighted by molar-refractivity contribution is -0.153. The Balaban J connectivity index is 3.31. The van der Waals surface area contributed by atoms with Crippen LogP contribution in [0.2, 0.25) is 0 Å². The molecule has 28 heavy (non-hydrogen) atoms. The number of hydrogen-bond acceptors (Lipinski definition) is 4. The van der Waals surface area contributed by atoms with Crippen molar-refractivity contribution in [2.24, 2.45) is 0 Å². The van der Waals surface area contributed by atoms with Gasteiger partial charge in [-0.3, -0.25) is 9.59 Å². The molecule has 0 saturated heterocycles. The van der Waals surface area contributed by atoms with Gasteiger partial charge in [-0.1, -0.05) is 97.3 Å². The number of ether oxygens (including phenoxy) is 2. The molecule has 0 heterocycles. The Bertz CT molecular complexity index is 368. The van der Waals surface area contributed by atoms with Gasteiger partial charge in [0, 0.05) is 0 Å². The summed E-state index contributed by atoms with van der Waals surface area (Å²) in [5.41, 5.74) is 0. The van der Waals surface area contributed by atoms with Crippen LogP contribution in [0, 0.1) is 0 Å². The van der Waals surface area contributed by atoms with E-state index in [-0.39, 0.29) is 30.9 Å². The second-order valence-corrected chi connectivity index (χ2v) is 8.05. The van der Waals surface area contributed by atoms with Gasteiger partial charge >= 0.3 is 11.9 Å². The number of hydrogen-bond donors (Lipinski definition) is 0. The Morgan fingerprint density at radius 1 is 0.643 bits per heavy atom. The van der Waals surface area contributed by atoms with Crippen molar-refractivity contribution in [1.82, 2.24) is 0 Å². The summed E-state index contributed by atoms with van der Waals surface area (Å²) >= 11 is 0. The van der Waals surface area contributed by atoms with Crippen molar-refractivity contribution in [1.29, 1.82) is 0 Å². The molecule has 0 rings (SSSR count). The number of unbranched alkanes of at least 4 members (excludes halogenated alkanes) is 12. The second kappa shape index (κ2) is 20.7. The van der Waals surface area contributed by atoms with Crippen LogP contribution in [-0.2, 0) is 19.1 Å². The zero-order chi connectivity index (χ0) is 20.9. The van der Waals surface area contributed by atoms with Gasteiger partial charge in [0.2, 0.25) is 0 Å². The van der Waals surface area contributed by atoms with E-state index in [4.69, 9.17) is 9.47 Å². The lowest BCUT2D eigenvalue weighted by Gasteiger charge is -2.11. The maximum Gasteiger partial charge on any atom is 0.306 e. The average molecular weight is 399 g/mol. The van der Waals surface area contributed by atoms with Crippen molar-refractivity contribution in [2.45, 2.75) is 136 Å². The van der Waals surface area contributed by atoms with Gasteiger partial charge in [0.05, 0.1) is 25.6 Å². The third-order valence-electron chi connectivity index (χ3n) is 5.07. The summed E-state index contributed by atoms with van der Waals surface area (Å²) in [5.74, 6) is -0.599. The molecule has 4 nitrogen and oxygen atoms in total. The van der Waals surface area contributed by atoms with Crippen LogP contribution in [0.5, 0.6) is 0 Å². The van der Waals surface area contributed by atoms with Crippen LogP contribution in [0.25, 0.3) is 0 Å². The first kappa shape index (κ1) is 26.9. The van der Waals surface area contributed by atoms with E-state index >= 15 is 0 Å². The highest BCUT2D eigenvalue weighted by molar-refractivity contribution is 5.77. The summed E-state index contributed by atoms with van der Waals surface area (Å²) in [6.45, 7) is 6.67. The lowest BCUT2D eigenvalue weighted by Crippen LogP contribution is -2.16. The summed E-state index contributed by atoms with van der Waals surface area (Å²) in [7, 11) is 0. The van der Waals surface area contributed by atoms with E-state index in [9.17, 15) is 9.59 Å². The third-order valence-corrected chi connectivity index (χ3v) is 5.07. The van der Waals surface area contributed by atoms with Crippen LogP contribution in [0.1, 0.15) is 130 Å². The second-order valence-electron chi connectivity index (χ2n) is 8.05. The van der Waals surface area contributed by atoms with Crippen LogP contribution in [0.15, 0.2) is 0 Å². The van der Waals surface area contributed by atoms with E-state index in [0.717, 1.165) is 25.7 Å². The van der Waals surface area contributed by atoms with E-state index in [1.807, 2.05) is 6.92 Å². The Morgan fingerprint density at radius 2 is 1.11 bits per heavy atom. The zero-order valence-corrected chi connectivity index (χ0v) is 18.9. The molecule has 0 aromatic rings. The minimum Gasteiger partial charge on any atom is -0.466 e. The molecule has 0 bridgehead atoms. The molecule has 0 N–H and O–H groups in total. The van der Waals surface area contributed by atoms with Gasteiger partial charge in [0.25, 0.3) is 0 Å². The van der Waals surface area contributed by atoms with E-state index in [1.165, 1.54) is 70.6 Å². The van der Waals surface area contributed by atoms with Gasteiger partial charge in [0.1, 0.15) is 0 Å². The highest BCUT2D eigenvalue weighted by Crippen LogP contribution is 2.12. The molecule has 0 saturated carbocycles. The molecule has 0 radical (unpaired) electrons. The van der Waals surface area contributed by atoms with E-state index in [1.54, 1.807) is 0 Å². The predicted octanol–water partition coefficient (Wildman–Crippen LogP) is 7.13. The first-order valence-corrected chi connectivity index (χ1v) is 11.9. The minimum absolute atomic E-state index is 0.0701. The molecular weight excluding hydrogens is 352 g/mol. The number of carbonyl (C=O) groups is 2. The monoisotopic (exact) mass is 398 g/mol. The van der Waals surface area contributed by atoms with Crippen molar-refractivity contribution in [3.8, 4) is 0 Å². The first-order chi connectivity index (χ1) is 13.6. The number of carbonyl (C=O) groups excluding carboxylic acids is 2. The van der Waals surface area contributed by atoms with Gasteiger partial charge in [0.15, 0.2) is 0 Å². The Morgan fingerprint density at radius 3 is 1.61 bits per heavy atom. The van der Waals surface area contributed by atoms with Crippen LogP contribution in [0.4, 0.5) is 0 Å². The van der Waals surface area contributed by atoms with Gasteiger partial charge in [-0.25, -0.2) is 0 Å². The zero-order valence-electron chi connectivity index (χ0n) is 18.9. The van der Waals surface area contributed by atoms with Crippen LogP contribution >= 0.6 is 0 Å². The molecule has 0 aliphatic carbocycles. The molecule has 0 aliphatic rings. The Kier molecular flexibility index (Phi) is 19.9.